The van der Waals surface area contributed by atoms with Crippen molar-refractivity contribution in [1.29, 1.82) is 0 Å². The van der Waals surface area contributed by atoms with Crippen molar-refractivity contribution in [3.8, 4) is 0 Å². The summed E-state index contributed by atoms with van der Waals surface area (Å²) in [5, 5.41) is 8.36. The molecule has 1 aromatic rings. The van der Waals surface area contributed by atoms with Gasteiger partial charge in [0.25, 0.3) is 0 Å². The molecule has 1 aromatic carbocycles. The van der Waals surface area contributed by atoms with Crippen LogP contribution < -0.4 is 5.73 Å². The second kappa shape index (κ2) is 2.98. The van der Waals surface area contributed by atoms with Crippen LogP contribution in [0.3, 0.4) is 0 Å². The van der Waals surface area contributed by atoms with Gasteiger partial charge in [0.1, 0.15) is 11.4 Å². The highest BCUT2D eigenvalue weighted by Gasteiger charge is 2.13. The van der Waals surface area contributed by atoms with Crippen LogP contribution in [-0.4, -0.2) is 11.1 Å². The van der Waals surface area contributed by atoms with Crippen molar-refractivity contribution in [2.75, 3.05) is 5.73 Å². The summed E-state index contributed by atoms with van der Waals surface area (Å²) >= 11 is 5.43. The molecule has 0 bridgehead atoms. The van der Waals surface area contributed by atoms with Crippen molar-refractivity contribution in [2.24, 2.45) is 0 Å². The normalized spacial score (nSPS) is 9.83. The molecule has 5 heteroatoms. The largest absolute Gasteiger partial charge is 0.478 e. The van der Waals surface area contributed by atoms with Gasteiger partial charge in [-0.1, -0.05) is 11.6 Å². The average Bonchev–Trinajstić information content (AvgIpc) is 1.82. The quantitative estimate of drug-likeness (QED) is 0.662. The second-order valence-corrected chi connectivity index (χ2v) is 2.56. The number of rotatable bonds is 1. The molecule has 0 aliphatic rings. The molecule has 0 radical (unpaired) electrons. The van der Waals surface area contributed by atoms with Crippen molar-refractivity contribution < 1.29 is 14.3 Å². The zero-order valence-electron chi connectivity index (χ0n) is 5.84. The van der Waals surface area contributed by atoms with E-state index < -0.39 is 11.8 Å². The van der Waals surface area contributed by atoms with Crippen LogP contribution in [0.2, 0.25) is 5.02 Å². The van der Waals surface area contributed by atoms with Crippen LogP contribution in [-0.2, 0) is 0 Å². The molecular weight excluding hydrogens is 185 g/mol. The van der Waals surface area contributed by atoms with Gasteiger partial charge in [0, 0.05) is 0 Å². The van der Waals surface area contributed by atoms with E-state index in [9.17, 15) is 9.18 Å². The van der Waals surface area contributed by atoms with E-state index >= 15 is 0 Å². The number of halogens is 2. The summed E-state index contributed by atoms with van der Waals surface area (Å²) in [5.41, 5.74) is 4.78. The molecule has 0 saturated heterocycles. The Balaban J connectivity index is 3.38. The number of carbonyl (C=O) groups is 1. The van der Waals surface area contributed by atoms with Gasteiger partial charge in [0.15, 0.2) is 0 Å². The Kier molecular flexibility index (Phi) is 2.19. The first-order valence-electron chi connectivity index (χ1n) is 3.00. The van der Waals surface area contributed by atoms with Crippen LogP contribution in [0.1, 0.15) is 10.4 Å². The summed E-state index contributed by atoms with van der Waals surface area (Å²) in [6, 6.07) is 1.82. The van der Waals surface area contributed by atoms with Gasteiger partial charge < -0.3 is 10.8 Å². The molecule has 0 aliphatic carbocycles. The van der Waals surface area contributed by atoms with E-state index in [0.717, 1.165) is 12.1 Å². The summed E-state index contributed by atoms with van der Waals surface area (Å²) in [5.74, 6) is -1.92. The number of nitrogen functional groups attached to an aromatic ring is 1. The minimum Gasteiger partial charge on any atom is -0.478 e. The lowest BCUT2D eigenvalue weighted by atomic mass is 10.2. The van der Waals surface area contributed by atoms with Gasteiger partial charge in [-0.05, 0) is 12.1 Å². The molecule has 1 rings (SSSR count). The highest BCUT2D eigenvalue weighted by molar-refractivity contribution is 6.34. The maximum Gasteiger partial charge on any atom is 0.339 e. The zero-order valence-corrected chi connectivity index (χ0v) is 6.60. The van der Waals surface area contributed by atoms with Gasteiger partial charge in [0.2, 0.25) is 0 Å². The van der Waals surface area contributed by atoms with Crippen molar-refractivity contribution in [3.63, 3.8) is 0 Å². The third kappa shape index (κ3) is 1.48. The Morgan fingerprint density at radius 3 is 2.58 bits per heavy atom. The monoisotopic (exact) mass is 189 g/mol. The fourth-order valence-electron chi connectivity index (χ4n) is 0.819. The van der Waals surface area contributed by atoms with Crippen LogP contribution in [0.25, 0.3) is 0 Å². The van der Waals surface area contributed by atoms with Gasteiger partial charge in [-0.25, -0.2) is 9.18 Å². The molecule has 0 aliphatic heterocycles. The van der Waals surface area contributed by atoms with Crippen molar-refractivity contribution >= 4 is 23.3 Å². The van der Waals surface area contributed by atoms with Gasteiger partial charge in [0.05, 0.1) is 10.7 Å². The van der Waals surface area contributed by atoms with Crippen LogP contribution in [0, 0.1) is 5.82 Å². The van der Waals surface area contributed by atoms with Crippen molar-refractivity contribution in [3.05, 3.63) is 28.5 Å². The molecule has 0 spiro atoms. The Morgan fingerprint density at radius 1 is 1.58 bits per heavy atom. The Labute approximate surface area is 72.6 Å². The number of aromatic carboxylic acids is 1. The lowest BCUT2D eigenvalue weighted by molar-refractivity contribution is 0.0698. The maximum absolute atomic E-state index is 12.5. The van der Waals surface area contributed by atoms with E-state index in [-0.39, 0.29) is 16.3 Å². The molecule has 12 heavy (non-hydrogen) atoms. The zero-order chi connectivity index (χ0) is 9.30. The SMILES string of the molecule is Nc1cc(F)cc(Cl)c1C(=O)O. The smallest absolute Gasteiger partial charge is 0.339 e. The average molecular weight is 190 g/mol. The van der Waals surface area contributed by atoms with E-state index in [1.54, 1.807) is 0 Å². The number of hydrogen-bond acceptors (Lipinski definition) is 2. The predicted molar refractivity (Wildman–Crippen MR) is 42.8 cm³/mol. The predicted octanol–water partition coefficient (Wildman–Crippen LogP) is 1.76. The summed E-state index contributed by atoms with van der Waals surface area (Å²) in [6.45, 7) is 0. The van der Waals surface area contributed by atoms with Crippen LogP contribution in [0.15, 0.2) is 12.1 Å². The van der Waals surface area contributed by atoms with E-state index in [1.165, 1.54) is 0 Å². The minimum atomic E-state index is -1.27. The topological polar surface area (TPSA) is 63.3 Å². The number of anilines is 1. The molecule has 3 nitrogen and oxygen atoms in total. The molecule has 0 unspecified atom stereocenters. The van der Waals surface area contributed by atoms with E-state index in [1.807, 2.05) is 0 Å². The van der Waals surface area contributed by atoms with Gasteiger partial charge in [-0.3, -0.25) is 0 Å². The molecule has 0 heterocycles. The Bertz CT molecular complexity index is 317. The lowest BCUT2D eigenvalue weighted by Crippen LogP contribution is -2.03. The number of carboxylic acid groups (broad SMARTS) is 1. The lowest BCUT2D eigenvalue weighted by Gasteiger charge is -2.02. The number of hydrogen-bond donors (Lipinski definition) is 2. The third-order valence-electron chi connectivity index (χ3n) is 1.30. The van der Waals surface area contributed by atoms with Crippen LogP contribution in [0.4, 0.5) is 10.1 Å². The molecule has 3 N–H and O–H groups in total. The fourth-order valence-corrected chi connectivity index (χ4v) is 1.11. The number of benzene rings is 1. The van der Waals surface area contributed by atoms with Crippen LogP contribution in [0.5, 0.6) is 0 Å². The van der Waals surface area contributed by atoms with Crippen LogP contribution >= 0.6 is 11.6 Å². The first-order chi connectivity index (χ1) is 5.52. The highest BCUT2D eigenvalue weighted by Crippen LogP contribution is 2.23. The minimum absolute atomic E-state index is 0.174. The van der Waals surface area contributed by atoms with E-state index in [0.29, 0.717) is 0 Å². The molecule has 0 fully saturated rings. The molecule has 0 aromatic heterocycles. The third-order valence-corrected chi connectivity index (χ3v) is 1.60. The summed E-state index contributed by atoms with van der Waals surface area (Å²) in [7, 11) is 0. The van der Waals surface area contributed by atoms with Gasteiger partial charge in [-0.2, -0.15) is 0 Å². The maximum atomic E-state index is 12.5. The molecule has 0 atom stereocenters. The van der Waals surface area contributed by atoms with Gasteiger partial charge >= 0.3 is 5.97 Å². The fraction of sp³-hybridized carbons (Fsp3) is 0. The van der Waals surface area contributed by atoms with E-state index in [2.05, 4.69) is 0 Å². The number of carboxylic acids is 1. The second-order valence-electron chi connectivity index (χ2n) is 2.16. The van der Waals surface area contributed by atoms with Gasteiger partial charge in [-0.15, -0.1) is 0 Å². The standard InChI is InChI=1S/C7H5ClFNO2/c8-4-1-3(9)2-5(10)6(4)7(11)12/h1-2H,10H2,(H,11,12). The molecule has 0 amide bonds. The highest BCUT2D eigenvalue weighted by atomic mass is 35.5. The Morgan fingerprint density at radius 2 is 2.17 bits per heavy atom. The molecule has 64 valence electrons. The number of nitrogens with two attached hydrogens (primary N) is 1. The van der Waals surface area contributed by atoms with E-state index in [4.69, 9.17) is 22.4 Å². The Hall–Kier alpha value is -1.29. The molecular formula is C7H5ClFNO2. The summed E-state index contributed by atoms with van der Waals surface area (Å²) < 4.78 is 12.5. The molecule has 0 saturated carbocycles. The summed E-state index contributed by atoms with van der Waals surface area (Å²) in [4.78, 5) is 10.5. The summed E-state index contributed by atoms with van der Waals surface area (Å²) in [6.07, 6.45) is 0. The first-order valence-corrected chi connectivity index (χ1v) is 3.38. The van der Waals surface area contributed by atoms with Crippen molar-refractivity contribution in [2.45, 2.75) is 0 Å². The van der Waals surface area contributed by atoms with Crippen molar-refractivity contribution in [1.82, 2.24) is 0 Å². The first kappa shape index (κ1) is 8.80.